The molecule has 0 bridgehead atoms. The van der Waals surface area contributed by atoms with Crippen molar-refractivity contribution in [2.24, 2.45) is 0 Å². The van der Waals surface area contributed by atoms with Crippen molar-refractivity contribution in [3.63, 3.8) is 0 Å². The second-order valence-corrected chi connectivity index (χ2v) is 6.86. The zero-order valence-electron chi connectivity index (χ0n) is 15.1. The Labute approximate surface area is 153 Å². The number of aliphatic hydroxyl groups is 1. The van der Waals surface area contributed by atoms with Crippen LogP contribution < -0.4 is 14.2 Å². The lowest BCUT2D eigenvalue weighted by molar-refractivity contribution is -0.782. The molecule has 4 rings (SSSR count). The molecule has 0 spiro atoms. The van der Waals surface area contributed by atoms with E-state index >= 15 is 0 Å². The summed E-state index contributed by atoms with van der Waals surface area (Å²) in [6.45, 7) is 2.57. The van der Waals surface area contributed by atoms with Crippen LogP contribution in [0.3, 0.4) is 0 Å². The lowest BCUT2D eigenvalue weighted by atomic mass is 10.0. The summed E-state index contributed by atoms with van der Waals surface area (Å²) in [5.41, 5.74) is 2.38. The monoisotopic (exact) mass is 347 g/mol. The van der Waals surface area contributed by atoms with Gasteiger partial charge in [-0.3, -0.25) is 0 Å². The first-order chi connectivity index (χ1) is 12.6. The first-order valence-electron chi connectivity index (χ1n) is 8.80. The van der Waals surface area contributed by atoms with Crippen LogP contribution in [0.5, 0.6) is 5.75 Å². The summed E-state index contributed by atoms with van der Waals surface area (Å²) < 4.78 is 7.23. The molecule has 3 aromatic rings. The average molecular weight is 347 g/mol. The first kappa shape index (κ1) is 16.6. The number of methoxy groups -OCH3 is 1. The van der Waals surface area contributed by atoms with E-state index in [-0.39, 0.29) is 0 Å². The van der Waals surface area contributed by atoms with E-state index in [9.17, 15) is 5.11 Å². The number of pyridine rings is 1. The smallest absolute Gasteiger partial charge is 0.284 e. The van der Waals surface area contributed by atoms with Crippen molar-refractivity contribution in [3.8, 4) is 5.75 Å². The lowest BCUT2D eigenvalue weighted by Gasteiger charge is -2.19. The van der Waals surface area contributed by atoms with Gasteiger partial charge < -0.3 is 9.84 Å². The maximum absolute atomic E-state index is 11.5. The minimum absolute atomic E-state index is 0.497. The highest BCUT2D eigenvalue weighted by molar-refractivity contribution is 5.60. The number of fused-ring (bicyclic) bond motifs is 1. The van der Waals surface area contributed by atoms with Gasteiger partial charge in [0.15, 0.2) is 6.54 Å². The molecule has 1 N–H and O–H groups in total. The number of aryl methyl sites for hydroxylation is 1. The Bertz CT molecular complexity index is 906. The van der Waals surface area contributed by atoms with Crippen LogP contribution in [-0.2, 0) is 12.1 Å². The Hall–Kier alpha value is -2.85. The normalized spacial score (nSPS) is 18.7. The third-order valence-electron chi connectivity index (χ3n) is 4.97. The van der Waals surface area contributed by atoms with Gasteiger partial charge in [-0.1, -0.05) is 35.9 Å². The van der Waals surface area contributed by atoms with E-state index in [1.165, 1.54) is 5.56 Å². The van der Waals surface area contributed by atoms with Gasteiger partial charge in [0.25, 0.3) is 11.5 Å². The van der Waals surface area contributed by atoms with Crippen LogP contribution in [0, 0.1) is 6.92 Å². The van der Waals surface area contributed by atoms with Crippen molar-refractivity contribution in [1.29, 1.82) is 0 Å². The summed E-state index contributed by atoms with van der Waals surface area (Å²) in [6.07, 6.45) is 2.51. The second kappa shape index (κ2) is 6.46. The molecule has 4 nitrogen and oxygen atoms in total. The van der Waals surface area contributed by atoms with Gasteiger partial charge >= 0.3 is 0 Å². The lowest BCUT2D eigenvalue weighted by Crippen LogP contribution is -2.56. The average Bonchev–Trinajstić information content (AvgIpc) is 2.97. The Kier molecular flexibility index (Phi) is 4.13. The Morgan fingerprint density at radius 2 is 1.77 bits per heavy atom. The maximum Gasteiger partial charge on any atom is 0.284 e. The predicted octanol–water partition coefficient (Wildman–Crippen LogP) is 3.33. The van der Waals surface area contributed by atoms with Crippen molar-refractivity contribution >= 4 is 11.5 Å². The molecular formula is C22H23N2O2+. The summed E-state index contributed by atoms with van der Waals surface area (Å²) >= 11 is 0. The van der Waals surface area contributed by atoms with Crippen LogP contribution in [0.1, 0.15) is 11.1 Å². The quantitative estimate of drug-likeness (QED) is 0.736. The number of ether oxygens (including phenoxy) is 1. The number of hydrogen-bond acceptors (Lipinski definition) is 3. The van der Waals surface area contributed by atoms with E-state index in [0.717, 1.165) is 22.8 Å². The molecule has 1 aromatic heterocycles. The van der Waals surface area contributed by atoms with Crippen LogP contribution >= 0.6 is 0 Å². The fourth-order valence-corrected chi connectivity index (χ4v) is 3.58. The minimum atomic E-state index is -0.994. The Morgan fingerprint density at radius 3 is 2.46 bits per heavy atom. The Morgan fingerprint density at radius 1 is 1.04 bits per heavy atom. The van der Waals surface area contributed by atoms with E-state index in [4.69, 9.17) is 4.74 Å². The van der Waals surface area contributed by atoms with E-state index in [1.54, 1.807) is 7.11 Å². The molecular weight excluding hydrogens is 324 g/mol. The molecule has 1 unspecified atom stereocenters. The molecule has 0 amide bonds. The molecule has 0 saturated heterocycles. The van der Waals surface area contributed by atoms with E-state index in [1.807, 2.05) is 53.2 Å². The van der Waals surface area contributed by atoms with Gasteiger partial charge in [0.2, 0.25) is 0 Å². The molecule has 1 aliphatic rings. The third-order valence-corrected chi connectivity index (χ3v) is 4.97. The predicted molar refractivity (Wildman–Crippen MR) is 102 cm³/mol. The highest BCUT2D eigenvalue weighted by atomic mass is 16.5. The zero-order valence-corrected chi connectivity index (χ0v) is 15.1. The summed E-state index contributed by atoms with van der Waals surface area (Å²) in [6, 6.07) is 22.3. The summed E-state index contributed by atoms with van der Waals surface area (Å²) in [5, 5.41) is 11.5. The second-order valence-electron chi connectivity index (χ2n) is 6.86. The van der Waals surface area contributed by atoms with E-state index < -0.39 is 5.72 Å². The number of hydrogen-bond donors (Lipinski definition) is 1. The molecule has 26 heavy (non-hydrogen) atoms. The van der Waals surface area contributed by atoms with Crippen LogP contribution in [0.25, 0.3) is 0 Å². The fraction of sp³-hybridized carbons (Fsp3) is 0.227. The standard InChI is InChI=1S/C22H23N2O2/c1-17-6-8-18(9-7-17)15-22(25)16-23(21-5-3-4-14-24(21)22)19-10-12-20(26-2)13-11-19/h3-14,25H,15-16H2,1-2H3/q+1. The Balaban J connectivity index is 1.70. The van der Waals surface area contributed by atoms with Crippen molar-refractivity contribution < 1.29 is 14.4 Å². The maximum atomic E-state index is 11.5. The summed E-state index contributed by atoms with van der Waals surface area (Å²) in [4.78, 5) is 2.15. The van der Waals surface area contributed by atoms with Crippen LogP contribution in [-0.4, -0.2) is 18.8 Å². The number of β-amino-alcohol motifs (C(OH)–C–C–N with tert-alkyl or cyclic N) is 1. The molecule has 2 aromatic carbocycles. The molecule has 0 radical (unpaired) electrons. The van der Waals surface area contributed by atoms with Gasteiger partial charge in [0.1, 0.15) is 11.4 Å². The van der Waals surface area contributed by atoms with Crippen molar-refractivity contribution in [2.75, 3.05) is 18.6 Å². The van der Waals surface area contributed by atoms with Crippen LogP contribution in [0.2, 0.25) is 0 Å². The molecule has 0 fully saturated rings. The van der Waals surface area contributed by atoms with E-state index in [2.05, 4.69) is 36.1 Å². The third kappa shape index (κ3) is 2.93. The summed E-state index contributed by atoms with van der Waals surface area (Å²) in [7, 11) is 1.66. The molecule has 0 saturated carbocycles. The van der Waals surface area contributed by atoms with Gasteiger partial charge in [-0.2, -0.15) is 0 Å². The van der Waals surface area contributed by atoms with Crippen LogP contribution in [0.15, 0.2) is 72.9 Å². The number of aromatic nitrogens is 1. The summed E-state index contributed by atoms with van der Waals surface area (Å²) in [5.74, 6) is 1.80. The highest BCUT2D eigenvalue weighted by Crippen LogP contribution is 2.33. The zero-order chi connectivity index (χ0) is 18.1. The molecule has 132 valence electrons. The minimum Gasteiger partial charge on any atom is -0.497 e. The number of benzene rings is 2. The van der Waals surface area contributed by atoms with Gasteiger partial charge in [-0.15, -0.1) is 0 Å². The number of rotatable bonds is 4. The largest absolute Gasteiger partial charge is 0.497 e. The van der Waals surface area contributed by atoms with Crippen molar-refractivity contribution in [3.05, 3.63) is 84.1 Å². The highest BCUT2D eigenvalue weighted by Gasteiger charge is 2.48. The van der Waals surface area contributed by atoms with Crippen LogP contribution in [0.4, 0.5) is 11.5 Å². The van der Waals surface area contributed by atoms with Crippen molar-refractivity contribution in [2.45, 2.75) is 19.1 Å². The molecule has 1 aliphatic heterocycles. The molecule has 4 heteroatoms. The molecule has 0 aliphatic carbocycles. The van der Waals surface area contributed by atoms with Gasteiger partial charge in [-0.25, -0.2) is 9.47 Å². The van der Waals surface area contributed by atoms with Crippen molar-refractivity contribution in [1.82, 2.24) is 0 Å². The number of nitrogens with zero attached hydrogens (tertiary/aromatic N) is 2. The van der Waals surface area contributed by atoms with Gasteiger partial charge in [0, 0.05) is 12.5 Å². The topological polar surface area (TPSA) is 36.6 Å². The van der Waals surface area contributed by atoms with Gasteiger partial charge in [0.05, 0.1) is 13.3 Å². The van der Waals surface area contributed by atoms with Gasteiger partial charge in [-0.05, 0) is 42.8 Å². The molecule has 1 atom stereocenters. The first-order valence-corrected chi connectivity index (χ1v) is 8.80. The van der Waals surface area contributed by atoms with E-state index in [0.29, 0.717) is 13.0 Å². The fourth-order valence-electron chi connectivity index (χ4n) is 3.58. The molecule has 2 heterocycles. The SMILES string of the molecule is COc1ccc(N2CC(O)(Cc3ccc(C)cc3)[n+]3ccccc32)cc1. The number of anilines is 2.